The maximum atomic E-state index is 13.0. The minimum atomic E-state index is -3.91. The first-order valence-electron chi connectivity index (χ1n) is 9.84. The third kappa shape index (κ3) is 5.32. The Kier molecular flexibility index (Phi) is 7.34. The number of methoxy groups -OCH3 is 2. The number of para-hydroxylation sites is 1. The van der Waals surface area contributed by atoms with Crippen LogP contribution in [0.5, 0.6) is 11.5 Å². The van der Waals surface area contributed by atoms with E-state index < -0.39 is 28.4 Å². The molecule has 0 N–H and O–H groups in total. The Balaban J connectivity index is 1.76. The van der Waals surface area contributed by atoms with Gasteiger partial charge in [0.05, 0.1) is 35.9 Å². The molecule has 3 rings (SSSR count). The molecule has 0 spiro atoms. The molecule has 0 unspecified atom stereocenters. The van der Waals surface area contributed by atoms with E-state index in [1.54, 1.807) is 42.5 Å². The number of hydrogen-bond acceptors (Lipinski definition) is 7. The zero-order chi connectivity index (χ0) is 24.0. The SMILES string of the molecule is COc1ccc(OC)c(C(=O)COC(=O)c2cccc(S(=O)(=O)N(C)c3ccccc3)c2)c1. The molecule has 0 aliphatic carbocycles. The Morgan fingerprint density at radius 1 is 0.879 bits per heavy atom. The number of anilines is 1. The van der Waals surface area contributed by atoms with E-state index in [0.717, 1.165) is 4.31 Å². The lowest BCUT2D eigenvalue weighted by Crippen LogP contribution is -2.26. The van der Waals surface area contributed by atoms with Crippen LogP contribution in [-0.4, -0.2) is 48.0 Å². The van der Waals surface area contributed by atoms with Crippen molar-refractivity contribution in [3.05, 3.63) is 83.9 Å². The highest BCUT2D eigenvalue weighted by Gasteiger charge is 2.23. The summed E-state index contributed by atoms with van der Waals surface area (Å²) in [5.74, 6) is -0.559. The van der Waals surface area contributed by atoms with Crippen LogP contribution in [0.1, 0.15) is 20.7 Å². The van der Waals surface area contributed by atoms with E-state index in [0.29, 0.717) is 17.2 Å². The zero-order valence-electron chi connectivity index (χ0n) is 18.3. The largest absolute Gasteiger partial charge is 0.497 e. The molecular weight excluding hydrogens is 446 g/mol. The highest BCUT2D eigenvalue weighted by Crippen LogP contribution is 2.25. The van der Waals surface area contributed by atoms with E-state index in [1.165, 1.54) is 51.6 Å². The smallest absolute Gasteiger partial charge is 0.338 e. The Bertz CT molecular complexity index is 1260. The van der Waals surface area contributed by atoms with Crippen molar-refractivity contribution in [2.45, 2.75) is 4.90 Å². The zero-order valence-corrected chi connectivity index (χ0v) is 19.2. The van der Waals surface area contributed by atoms with Crippen molar-refractivity contribution in [2.24, 2.45) is 0 Å². The van der Waals surface area contributed by atoms with Crippen LogP contribution >= 0.6 is 0 Å². The van der Waals surface area contributed by atoms with Gasteiger partial charge >= 0.3 is 5.97 Å². The molecule has 9 heteroatoms. The number of ether oxygens (including phenoxy) is 3. The summed E-state index contributed by atoms with van der Waals surface area (Å²) in [4.78, 5) is 25.0. The van der Waals surface area contributed by atoms with E-state index in [1.807, 2.05) is 0 Å². The van der Waals surface area contributed by atoms with E-state index in [4.69, 9.17) is 14.2 Å². The molecule has 0 atom stereocenters. The highest BCUT2D eigenvalue weighted by atomic mass is 32.2. The van der Waals surface area contributed by atoms with Gasteiger partial charge in [-0.3, -0.25) is 9.10 Å². The molecule has 0 aromatic heterocycles. The van der Waals surface area contributed by atoms with Crippen molar-refractivity contribution < 1.29 is 32.2 Å². The van der Waals surface area contributed by atoms with Crippen LogP contribution in [0.2, 0.25) is 0 Å². The van der Waals surface area contributed by atoms with Crippen molar-refractivity contribution in [1.82, 2.24) is 0 Å². The summed E-state index contributed by atoms with van der Waals surface area (Å²) in [5, 5.41) is 0. The molecule has 0 radical (unpaired) electrons. The maximum absolute atomic E-state index is 13.0. The topological polar surface area (TPSA) is 99.2 Å². The lowest BCUT2D eigenvalue weighted by molar-refractivity contribution is 0.0473. The Morgan fingerprint density at radius 3 is 2.27 bits per heavy atom. The summed E-state index contributed by atoms with van der Waals surface area (Å²) in [6, 6.07) is 18.7. The lowest BCUT2D eigenvalue weighted by atomic mass is 10.1. The number of carbonyl (C=O) groups is 2. The molecule has 3 aromatic rings. The minimum absolute atomic E-state index is 0.00273. The number of hydrogen-bond donors (Lipinski definition) is 0. The van der Waals surface area contributed by atoms with Gasteiger partial charge in [0.25, 0.3) is 10.0 Å². The van der Waals surface area contributed by atoms with Crippen LogP contribution in [0.15, 0.2) is 77.7 Å². The Hall–Kier alpha value is -3.85. The first-order valence-corrected chi connectivity index (χ1v) is 11.3. The van der Waals surface area contributed by atoms with Gasteiger partial charge in [0, 0.05) is 7.05 Å². The Morgan fingerprint density at radius 2 is 1.61 bits per heavy atom. The van der Waals surface area contributed by atoms with Gasteiger partial charge < -0.3 is 14.2 Å². The molecule has 0 saturated carbocycles. The summed E-state index contributed by atoms with van der Waals surface area (Å²) in [5.41, 5.74) is 0.678. The second-order valence-corrected chi connectivity index (χ2v) is 8.87. The molecule has 3 aromatic carbocycles. The average molecular weight is 470 g/mol. The van der Waals surface area contributed by atoms with Crippen molar-refractivity contribution in [2.75, 3.05) is 32.2 Å². The van der Waals surface area contributed by atoms with Crippen molar-refractivity contribution >= 4 is 27.5 Å². The molecular formula is C24H23NO7S. The van der Waals surface area contributed by atoms with Gasteiger partial charge in [-0.1, -0.05) is 24.3 Å². The van der Waals surface area contributed by atoms with Gasteiger partial charge in [0.15, 0.2) is 6.61 Å². The standard InChI is InChI=1S/C24H23NO7S/c1-25(18-9-5-4-6-10-18)33(28,29)20-11-7-8-17(14-20)24(27)32-16-22(26)21-15-19(30-2)12-13-23(21)31-3/h4-15H,16H2,1-3H3. The summed E-state index contributed by atoms with van der Waals surface area (Å²) in [6.45, 7) is -0.552. The average Bonchev–Trinajstić information content (AvgIpc) is 2.86. The van der Waals surface area contributed by atoms with E-state index in [9.17, 15) is 18.0 Å². The number of rotatable bonds is 9. The normalized spacial score (nSPS) is 10.9. The van der Waals surface area contributed by atoms with Gasteiger partial charge in [-0.15, -0.1) is 0 Å². The monoisotopic (exact) mass is 469 g/mol. The number of sulfonamides is 1. The maximum Gasteiger partial charge on any atom is 0.338 e. The van der Waals surface area contributed by atoms with Gasteiger partial charge in [0.1, 0.15) is 11.5 Å². The number of Topliss-reactive ketones (excluding diaryl/α,β-unsaturated/α-hetero) is 1. The van der Waals surface area contributed by atoms with Gasteiger partial charge in [-0.25, -0.2) is 13.2 Å². The summed E-state index contributed by atoms with van der Waals surface area (Å²) < 4.78 is 42.5. The predicted octanol–water partition coefficient (Wildman–Crippen LogP) is 3.57. The van der Waals surface area contributed by atoms with Crippen molar-refractivity contribution in [3.63, 3.8) is 0 Å². The fraction of sp³-hybridized carbons (Fsp3) is 0.167. The van der Waals surface area contributed by atoms with E-state index in [-0.39, 0.29) is 16.0 Å². The van der Waals surface area contributed by atoms with Crippen LogP contribution in [0, 0.1) is 0 Å². The van der Waals surface area contributed by atoms with E-state index >= 15 is 0 Å². The quantitative estimate of drug-likeness (QED) is 0.349. The first kappa shape index (κ1) is 23.8. The number of esters is 1. The molecule has 33 heavy (non-hydrogen) atoms. The second kappa shape index (κ2) is 10.2. The Labute approximate surface area is 192 Å². The molecule has 0 fully saturated rings. The van der Waals surface area contributed by atoms with Gasteiger partial charge in [-0.2, -0.15) is 0 Å². The first-order chi connectivity index (χ1) is 15.8. The number of nitrogens with zero attached hydrogens (tertiary/aromatic N) is 1. The summed E-state index contributed by atoms with van der Waals surface area (Å²) >= 11 is 0. The molecule has 172 valence electrons. The third-order valence-corrected chi connectivity index (χ3v) is 6.67. The highest BCUT2D eigenvalue weighted by molar-refractivity contribution is 7.92. The molecule has 0 amide bonds. The van der Waals surface area contributed by atoms with Crippen LogP contribution in [0.25, 0.3) is 0 Å². The number of carbonyl (C=O) groups excluding carboxylic acids is 2. The van der Waals surface area contributed by atoms with Crippen molar-refractivity contribution in [1.29, 1.82) is 0 Å². The second-order valence-electron chi connectivity index (χ2n) is 6.90. The predicted molar refractivity (Wildman–Crippen MR) is 123 cm³/mol. The van der Waals surface area contributed by atoms with Crippen LogP contribution in [0.3, 0.4) is 0 Å². The molecule has 0 saturated heterocycles. The van der Waals surface area contributed by atoms with Crippen LogP contribution < -0.4 is 13.8 Å². The van der Waals surface area contributed by atoms with Crippen LogP contribution in [0.4, 0.5) is 5.69 Å². The molecule has 0 aliphatic heterocycles. The number of ketones is 1. The molecule has 8 nitrogen and oxygen atoms in total. The lowest BCUT2D eigenvalue weighted by Gasteiger charge is -2.19. The van der Waals surface area contributed by atoms with E-state index in [2.05, 4.69) is 0 Å². The van der Waals surface area contributed by atoms with Gasteiger partial charge in [-0.05, 0) is 48.5 Å². The van der Waals surface area contributed by atoms with Gasteiger partial charge in [0.2, 0.25) is 5.78 Å². The molecule has 0 aliphatic rings. The number of benzene rings is 3. The summed E-state index contributed by atoms with van der Waals surface area (Å²) in [6.07, 6.45) is 0. The van der Waals surface area contributed by atoms with Crippen LogP contribution in [-0.2, 0) is 14.8 Å². The molecule has 0 bridgehead atoms. The fourth-order valence-electron chi connectivity index (χ4n) is 3.04. The third-order valence-electron chi connectivity index (χ3n) is 4.89. The molecule has 0 heterocycles. The summed E-state index contributed by atoms with van der Waals surface area (Å²) in [7, 11) is 0.400. The minimum Gasteiger partial charge on any atom is -0.497 e. The fourth-order valence-corrected chi connectivity index (χ4v) is 4.28. The van der Waals surface area contributed by atoms with Crippen molar-refractivity contribution in [3.8, 4) is 11.5 Å².